The third-order valence-corrected chi connectivity index (χ3v) is 4.41. The summed E-state index contributed by atoms with van der Waals surface area (Å²) in [5.74, 6) is 2.32. The number of hydrogen-bond donors (Lipinski definition) is 2. The summed E-state index contributed by atoms with van der Waals surface area (Å²) >= 11 is 0. The highest BCUT2D eigenvalue weighted by Gasteiger charge is 2.16. The lowest BCUT2D eigenvalue weighted by Crippen LogP contribution is -2.39. The molecule has 0 amide bonds. The number of nitrogens with zero attached hydrogens (tertiary/aromatic N) is 1. The Balaban J connectivity index is 2.06. The molecule has 3 N–H and O–H groups in total. The first-order chi connectivity index (χ1) is 11.7. The third kappa shape index (κ3) is 4.69. The van der Waals surface area contributed by atoms with Crippen LogP contribution in [0.1, 0.15) is 44.1 Å². The number of aliphatic imine (C=N–C) groups is 1. The molecule has 24 heavy (non-hydrogen) atoms. The van der Waals surface area contributed by atoms with Crippen molar-refractivity contribution in [2.45, 2.75) is 51.1 Å². The molecule has 6 heteroatoms. The molecule has 0 unspecified atom stereocenters. The van der Waals surface area contributed by atoms with Crippen LogP contribution in [0.4, 0.5) is 0 Å². The van der Waals surface area contributed by atoms with Crippen LogP contribution in [-0.2, 0) is 6.54 Å². The Kier molecular flexibility index (Phi) is 7.03. The van der Waals surface area contributed by atoms with Crippen molar-refractivity contribution >= 4 is 5.96 Å². The molecular weight excluding hydrogens is 306 g/mol. The van der Waals surface area contributed by atoms with Crippen LogP contribution in [0.5, 0.6) is 17.2 Å². The summed E-state index contributed by atoms with van der Waals surface area (Å²) in [6.45, 7) is 0.426. The second kappa shape index (κ2) is 9.25. The number of nitrogens with one attached hydrogen (secondary N) is 1. The van der Waals surface area contributed by atoms with Crippen molar-refractivity contribution in [1.29, 1.82) is 0 Å². The maximum absolute atomic E-state index is 6.06. The topological polar surface area (TPSA) is 78.1 Å². The standard InChI is InChI=1S/C18H29N3O3/c1-22-15-11-10-13(16(23-2)17(15)24-3)12-20-18(19)21-14-8-6-4-5-7-9-14/h10-11,14H,4-9,12H2,1-3H3,(H3,19,20,21). The molecule has 1 aromatic rings. The number of benzene rings is 1. The molecule has 0 heterocycles. The summed E-state index contributed by atoms with van der Waals surface area (Å²) in [5, 5.41) is 3.35. The predicted octanol–water partition coefficient (Wildman–Crippen LogP) is 2.84. The second-order valence-electron chi connectivity index (χ2n) is 6.03. The molecule has 0 bridgehead atoms. The first kappa shape index (κ1) is 18.2. The van der Waals surface area contributed by atoms with Gasteiger partial charge in [-0.05, 0) is 25.0 Å². The van der Waals surface area contributed by atoms with Gasteiger partial charge in [0, 0.05) is 11.6 Å². The summed E-state index contributed by atoms with van der Waals surface area (Å²) in [6, 6.07) is 4.20. The Labute approximate surface area is 144 Å². The monoisotopic (exact) mass is 335 g/mol. The van der Waals surface area contributed by atoms with Gasteiger partial charge in [-0.2, -0.15) is 0 Å². The van der Waals surface area contributed by atoms with E-state index in [1.807, 2.05) is 12.1 Å². The SMILES string of the molecule is COc1ccc(CN=C(N)NC2CCCCCC2)c(OC)c1OC. The summed E-state index contributed by atoms with van der Waals surface area (Å²) in [5.41, 5.74) is 6.97. The van der Waals surface area contributed by atoms with Crippen LogP contribution in [0.25, 0.3) is 0 Å². The van der Waals surface area contributed by atoms with Crippen LogP contribution < -0.4 is 25.3 Å². The number of nitrogens with two attached hydrogens (primary N) is 1. The fourth-order valence-corrected chi connectivity index (χ4v) is 3.14. The Hall–Kier alpha value is -2.11. The van der Waals surface area contributed by atoms with Crippen molar-refractivity contribution in [2.24, 2.45) is 10.7 Å². The zero-order valence-electron chi connectivity index (χ0n) is 14.9. The van der Waals surface area contributed by atoms with Crippen molar-refractivity contribution in [2.75, 3.05) is 21.3 Å². The van der Waals surface area contributed by atoms with E-state index < -0.39 is 0 Å². The van der Waals surface area contributed by atoms with Gasteiger partial charge in [0.05, 0.1) is 27.9 Å². The fraction of sp³-hybridized carbons (Fsp3) is 0.611. The van der Waals surface area contributed by atoms with Crippen molar-refractivity contribution in [3.63, 3.8) is 0 Å². The predicted molar refractivity (Wildman–Crippen MR) is 96.1 cm³/mol. The lowest BCUT2D eigenvalue weighted by Gasteiger charge is -2.17. The van der Waals surface area contributed by atoms with Gasteiger partial charge in [-0.3, -0.25) is 0 Å². The highest BCUT2D eigenvalue weighted by Crippen LogP contribution is 2.39. The van der Waals surface area contributed by atoms with Crippen molar-refractivity contribution < 1.29 is 14.2 Å². The van der Waals surface area contributed by atoms with Gasteiger partial charge in [0.25, 0.3) is 0 Å². The molecule has 0 saturated heterocycles. The number of rotatable bonds is 6. The number of ether oxygens (including phenoxy) is 3. The van der Waals surface area contributed by atoms with Crippen LogP contribution in [-0.4, -0.2) is 33.3 Å². The van der Waals surface area contributed by atoms with Crippen LogP contribution in [0.15, 0.2) is 17.1 Å². The minimum atomic E-state index is 0.426. The fourth-order valence-electron chi connectivity index (χ4n) is 3.14. The van der Waals surface area contributed by atoms with E-state index in [0.717, 1.165) is 18.4 Å². The quantitative estimate of drug-likeness (QED) is 0.475. The Morgan fingerprint density at radius 2 is 1.71 bits per heavy atom. The van der Waals surface area contributed by atoms with Crippen LogP contribution in [0, 0.1) is 0 Å². The van der Waals surface area contributed by atoms with Gasteiger partial charge in [-0.25, -0.2) is 4.99 Å². The van der Waals surface area contributed by atoms with E-state index in [-0.39, 0.29) is 0 Å². The minimum absolute atomic E-state index is 0.426. The van der Waals surface area contributed by atoms with Gasteiger partial charge in [0.2, 0.25) is 5.75 Å². The largest absolute Gasteiger partial charge is 0.493 e. The van der Waals surface area contributed by atoms with Gasteiger partial charge in [0.15, 0.2) is 17.5 Å². The Bertz CT molecular complexity index is 553. The highest BCUT2D eigenvalue weighted by atomic mass is 16.5. The van der Waals surface area contributed by atoms with E-state index in [1.165, 1.54) is 25.7 Å². The third-order valence-electron chi connectivity index (χ3n) is 4.41. The average Bonchev–Trinajstić information content (AvgIpc) is 2.87. The molecule has 1 fully saturated rings. The van der Waals surface area contributed by atoms with Gasteiger partial charge < -0.3 is 25.3 Å². The van der Waals surface area contributed by atoms with Crippen LogP contribution in [0.3, 0.4) is 0 Å². The van der Waals surface area contributed by atoms with E-state index in [2.05, 4.69) is 10.3 Å². The molecule has 0 atom stereocenters. The minimum Gasteiger partial charge on any atom is -0.493 e. The van der Waals surface area contributed by atoms with Crippen LogP contribution >= 0.6 is 0 Å². The lowest BCUT2D eigenvalue weighted by atomic mass is 10.1. The molecular formula is C18H29N3O3. The Morgan fingerprint density at radius 3 is 2.29 bits per heavy atom. The summed E-state index contributed by atoms with van der Waals surface area (Å²) in [7, 11) is 4.80. The van der Waals surface area contributed by atoms with Gasteiger partial charge in [-0.15, -0.1) is 0 Å². The molecule has 1 aromatic carbocycles. The van der Waals surface area contributed by atoms with Gasteiger partial charge in [-0.1, -0.05) is 25.7 Å². The van der Waals surface area contributed by atoms with E-state index in [0.29, 0.717) is 35.8 Å². The van der Waals surface area contributed by atoms with Gasteiger partial charge in [0.1, 0.15) is 0 Å². The maximum Gasteiger partial charge on any atom is 0.203 e. The smallest absolute Gasteiger partial charge is 0.203 e. The summed E-state index contributed by atoms with van der Waals surface area (Å²) < 4.78 is 16.2. The molecule has 0 spiro atoms. The first-order valence-electron chi connectivity index (χ1n) is 8.54. The molecule has 0 aromatic heterocycles. The number of methoxy groups -OCH3 is 3. The first-order valence-corrected chi connectivity index (χ1v) is 8.54. The number of guanidine groups is 1. The average molecular weight is 335 g/mol. The molecule has 1 aliphatic rings. The molecule has 0 aliphatic heterocycles. The van der Waals surface area contributed by atoms with Crippen LogP contribution in [0.2, 0.25) is 0 Å². The number of hydrogen-bond acceptors (Lipinski definition) is 4. The molecule has 1 aliphatic carbocycles. The highest BCUT2D eigenvalue weighted by molar-refractivity contribution is 5.78. The molecule has 0 radical (unpaired) electrons. The lowest BCUT2D eigenvalue weighted by molar-refractivity contribution is 0.322. The van der Waals surface area contributed by atoms with E-state index in [4.69, 9.17) is 19.9 Å². The molecule has 2 rings (SSSR count). The zero-order valence-corrected chi connectivity index (χ0v) is 14.9. The van der Waals surface area contributed by atoms with Crippen molar-refractivity contribution in [1.82, 2.24) is 5.32 Å². The van der Waals surface area contributed by atoms with E-state index in [1.54, 1.807) is 21.3 Å². The van der Waals surface area contributed by atoms with Gasteiger partial charge >= 0.3 is 0 Å². The van der Waals surface area contributed by atoms with Crippen molar-refractivity contribution in [3.8, 4) is 17.2 Å². The molecule has 1 saturated carbocycles. The zero-order chi connectivity index (χ0) is 17.4. The molecule has 6 nitrogen and oxygen atoms in total. The maximum atomic E-state index is 6.06. The van der Waals surface area contributed by atoms with Crippen molar-refractivity contribution in [3.05, 3.63) is 17.7 Å². The summed E-state index contributed by atoms with van der Waals surface area (Å²) in [6.07, 6.45) is 7.48. The summed E-state index contributed by atoms with van der Waals surface area (Å²) in [4.78, 5) is 4.47. The van der Waals surface area contributed by atoms with E-state index >= 15 is 0 Å². The Morgan fingerprint density at radius 1 is 1.04 bits per heavy atom. The van der Waals surface area contributed by atoms with E-state index in [9.17, 15) is 0 Å². The normalized spacial score (nSPS) is 16.4. The second-order valence-corrected chi connectivity index (χ2v) is 6.03. The molecule has 134 valence electrons.